The Morgan fingerprint density at radius 2 is 2.20 bits per heavy atom. The standard InChI is InChI=1S/C9H6BrClN2OS/c1-5-2-3-6(10)4-7(5)14-9-8(11)12-15-13-9/h2-4H,1H3. The Kier molecular flexibility index (Phi) is 3.23. The SMILES string of the molecule is Cc1ccc(Br)cc1Oc1nsnc1Cl. The van der Waals surface area contributed by atoms with E-state index in [1.54, 1.807) is 0 Å². The first-order valence-corrected chi connectivity index (χ1v) is 5.99. The minimum Gasteiger partial charge on any atom is -0.435 e. The van der Waals surface area contributed by atoms with Gasteiger partial charge in [0.05, 0.1) is 11.7 Å². The zero-order valence-electron chi connectivity index (χ0n) is 7.70. The summed E-state index contributed by atoms with van der Waals surface area (Å²) in [6.45, 7) is 1.95. The lowest BCUT2D eigenvalue weighted by atomic mass is 10.2. The minimum absolute atomic E-state index is 0.291. The molecule has 0 saturated heterocycles. The predicted octanol–water partition coefficient (Wildman–Crippen LogP) is 4.05. The number of hydrogen-bond donors (Lipinski definition) is 0. The summed E-state index contributed by atoms with van der Waals surface area (Å²) in [6.07, 6.45) is 0. The highest BCUT2D eigenvalue weighted by atomic mass is 79.9. The molecule has 6 heteroatoms. The first-order chi connectivity index (χ1) is 7.16. The number of rotatable bonds is 2. The van der Waals surface area contributed by atoms with E-state index in [0.717, 1.165) is 27.5 Å². The number of ether oxygens (including phenoxy) is 1. The quantitative estimate of drug-likeness (QED) is 0.839. The van der Waals surface area contributed by atoms with Crippen LogP contribution < -0.4 is 4.74 Å². The van der Waals surface area contributed by atoms with Gasteiger partial charge in [-0.05, 0) is 24.6 Å². The van der Waals surface area contributed by atoms with E-state index in [1.165, 1.54) is 0 Å². The number of halogens is 2. The lowest BCUT2D eigenvalue weighted by molar-refractivity contribution is 0.464. The molecule has 1 aromatic carbocycles. The smallest absolute Gasteiger partial charge is 0.270 e. The molecule has 0 amide bonds. The summed E-state index contributed by atoms with van der Waals surface area (Å²) in [6, 6.07) is 5.77. The van der Waals surface area contributed by atoms with Gasteiger partial charge < -0.3 is 4.74 Å². The highest BCUT2D eigenvalue weighted by Gasteiger charge is 2.09. The van der Waals surface area contributed by atoms with Crippen LogP contribution in [0.2, 0.25) is 5.15 Å². The second kappa shape index (κ2) is 4.47. The number of hydrogen-bond acceptors (Lipinski definition) is 4. The van der Waals surface area contributed by atoms with E-state index in [4.69, 9.17) is 16.3 Å². The maximum atomic E-state index is 5.78. The van der Waals surface area contributed by atoms with Crippen LogP contribution in [0, 0.1) is 6.92 Å². The molecule has 0 saturated carbocycles. The molecule has 0 bridgehead atoms. The van der Waals surface area contributed by atoms with Gasteiger partial charge >= 0.3 is 0 Å². The van der Waals surface area contributed by atoms with E-state index in [2.05, 4.69) is 24.7 Å². The lowest BCUT2D eigenvalue weighted by Crippen LogP contribution is -1.88. The fourth-order valence-electron chi connectivity index (χ4n) is 1.02. The maximum absolute atomic E-state index is 5.78. The molecule has 0 atom stereocenters. The van der Waals surface area contributed by atoms with Crippen LogP contribution in [0.1, 0.15) is 5.56 Å². The normalized spacial score (nSPS) is 10.3. The molecule has 0 unspecified atom stereocenters. The molecule has 0 spiro atoms. The molecule has 78 valence electrons. The molecule has 0 radical (unpaired) electrons. The summed E-state index contributed by atoms with van der Waals surface area (Å²) in [5.41, 5.74) is 1.02. The van der Waals surface area contributed by atoms with Crippen molar-refractivity contribution in [3.63, 3.8) is 0 Å². The van der Waals surface area contributed by atoms with Crippen LogP contribution in [0.5, 0.6) is 11.6 Å². The number of aryl methyl sites for hydroxylation is 1. The first-order valence-electron chi connectivity index (χ1n) is 4.09. The van der Waals surface area contributed by atoms with Gasteiger partial charge in [-0.25, -0.2) is 0 Å². The first kappa shape index (κ1) is 10.9. The number of nitrogens with zero attached hydrogens (tertiary/aromatic N) is 2. The summed E-state index contributed by atoms with van der Waals surface area (Å²) < 4.78 is 14.2. The van der Waals surface area contributed by atoms with Crippen molar-refractivity contribution in [1.82, 2.24) is 8.75 Å². The van der Waals surface area contributed by atoms with Gasteiger partial charge in [-0.3, -0.25) is 0 Å². The summed E-state index contributed by atoms with van der Waals surface area (Å²) in [4.78, 5) is 0. The van der Waals surface area contributed by atoms with Crippen molar-refractivity contribution in [1.29, 1.82) is 0 Å². The molecular weight excluding hydrogens is 300 g/mol. The molecule has 15 heavy (non-hydrogen) atoms. The van der Waals surface area contributed by atoms with Gasteiger partial charge in [0.1, 0.15) is 5.75 Å². The molecule has 1 aromatic heterocycles. The molecule has 2 aromatic rings. The lowest BCUT2D eigenvalue weighted by Gasteiger charge is -2.05. The van der Waals surface area contributed by atoms with Crippen molar-refractivity contribution in [3.8, 4) is 11.6 Å². The van der Waals surface area contributed by atoms with Crippen molar-refractivity contribution >= 4 is 39.3 Å². The molecule has 0 N–H and O–H groups in total. The van der Waals surface area contributed by atoms with E-state index in [-0.39, 0.29) is 0 Å². The Morgan fingerprint density at radius 3 is 2.87 bits per heavy atom. The van der Waals surface area contributed by atoms with Crippen LogP contribution in [0.15, 0.2) is 22.7 Å². The molecule has 1 heterocycles. The van der Waals surface area contributed by atoms with Crippen LogP contribution in [-0.4, -0.2) is 8.75 Å². The van der Waals surface area contributed by atoms with Crippen LogP contribution in [0.4, 0.5) is 0 Å². The van der Waals surface area contributed by atoms with E-state index in [9.17, 15) is 0 Å². The van der Waals surface area contributed by atoms with E-state index in [1.807, 2.05) is 25.1 Å². The Hall–Kier alpha value is -0.650. The Morgan fingerprint density at radius 1 is 1.40 bits per heavy atom. The third kappa shape index (κ3) is 2.48. The molecule has 2 rings (SSSR count). The van der Waals surface area contributed by atoms with Crippen LogP contribution in [0.3, 0.4) is 0 Å². The highest BCUT2D eigenvalue weighted by molar-refractivity contribution is 9.10. The zero-order valence-corrected chi connectivity index (χ0v) is 10.9. The van der Waals surface area contributed by atoms with Gasteiger partial charge in [0, 0.05) is 4.47 Å². The second-order valence-electron chi connectivity index (χ2n) is 2.87. The third-order valence-electron chi connectivity index (χ3n) is 1.78. The molecule has 0 fully saturated rings. The fraction of sp³-hybridized carbons (Fsp3) is 0.111. The molecule has 0 aliphatic carbocycles. The van der Waals surface area contributed by atoms with Gasteiger partial charge in [-0.1, -0.05) is 33.6 Å². The Bertz CT molecular complexity index is 489. The van der Waals surface area contributed by atoms with Crippen molar-refractivity contribution in [3.05, 3.63) is 33.4 Å². The number of aromatic nitrogens is 2. The summed E-state index contributed by atoms with van der Waals surface area (Å²) in [5.74, 6) is 1.07. The minimum atomic E-state index is 0.291. The van der Waals surface area contributed by atoms with E-state index < -0.39 is 0 Å². The van der Waals surface area contributed by atoms with Crippen molar-refractivity contribution in [2.75, 3.05) is 0 Å². The third-order valence-corrected chi connectivity index (χ3v) is 3.13. The van der Waals surface area contributed by atoms with Crippen molar-refractivity contribution in [2.45, 2.75) is 6.92 Å². The largest absolute Gasteiger partial charge is 0.435 e. The van der Waals surface area contributed by atoms with Crippen LogP contribution in [0.25, 0.3) is 0 Å². The summed E-state index contributed by atoms with van der Waals surface area (Å²) in [5, 5.41) is 0.291. The van der Waals surface area contributed by atoms with Crippen LogP contribution in [-0.2, 0) is 0 Å². The maximum Gasteiger partial charge on any atom is 0.270 e. The predicted molar refractivity (Wildman–Crippen MR) is 63.9 cm³/mol. The molecular formula is C9H6BrClN2OS. The average molecular weight is 306 g/mol. The van der Waals surface area contributed by atoms with E-state index in [0.29, 0.717) is 11.0 Å². The van der Waals surface area contributed by atoms with Gasteiger partial charge in [0.2, 0.25) is 5.15 Å². The second-order valence-corrected chi connectivity index (χ2v) is 4.67. The van der Waals surface area contributed by atoms with Crippen LogP contribution >= 0.6 is 39.3 Å². The molecule has 0 aliphatic heterocycles. The summed E-state index contributed by atoms with van der Waals surface area (Å²) in [7, 11) is 0. The Labute approximate surface area is 104 Å². The topological polar surface area (TPSA) is 35.0 Å². The summed E-state index contributed by atoms with van der Waals surface area (Å²) >= 11 is 10.2. The highest BCUT2D eigenvalue weighted by Crippen LogP contribution is 2.30. The average Bonchev–Trinajstić information content (AvgIpc) is 2.58. The van der Waals surface area contributed by atoms with Gasteiger partial charge in [-0.15, -0.1) is 4.37 Å². The van der Waals surface area contributed by atoms with Gasteiger partial charge in [-0.2, -0.15) is 4.37 Å². The zero-order chi connectivity index (χ0) is 10.8. The monoisotopic (exact) mass is 304 g/mol. The Balaban J connectivity index is 2.32. The van der Waals surface area contributed by atoms with Crippen molar-refractivity contribution < 1.29 is 4.74 Å². The fourth-order valence-corrected chi connectivity index (χ4v) is 1.97. The molecule has 3 nitrogen and oxygen atoms in total. The van der Waals surface area contributed by atoms with Crippen molar-refractivity contribution in [2.24, 2.45) is 0 Å². The van der Waals surface area contributed by atoms with Gasteiger partial charge in [0.15, 0.2) is 0 Å². The number of benzene rings is 1. The van der Waals surface area contributed by atoms with E-state index >= 15 is 0 Å². The molecule has 0 aliphatic rings. The van der Waals surface area contributed by atoms with Gasteiger partial charge in [0.25, 0.3) is 5.88 Å².